The summed E-state index contributed by atoms with van der Waals surface area (Å²) >= 11 is 5.79. The van der Waals surface area contributed by atoms with Crippen LogP contribution in [-0.4, -0.2) is 24.0 Å². The Kier molecular flexibility index (Phi) is 6.36. The van der Waals surface area contributed by atoms with Gasteiger partial charge in [0.25, 0.3) is 0 Å². The van der Waals surface area contributed by atoms with Crippen molar-refractivity contribution < 1.29 is 14.7 Å². The van der Waals surface area contributed by atoms with Gasteiger partial charge in [0.2, 0.25) is 5.91 Å². The molecule has 104 valence electrons. The Labute approximate surface area is 118 Å². The molecule has 0 saturated carbocycles. The van der Waals surface area contributed by atoms with Gasteiger partial charge < -0.3 is 10.0 Å². The van der Waals surface area contributed by atoms with E-state index in [1.807, 2.05) is 0 Å². The maximum atomic E-state index is 11.9. The molecule has 0 unspecified atom stereocenters. The molecule has 0 bridgehead atoms. The molecule has 0 spiro atoms. The number of carbonyl (C=O) groups is 2. The molecule has 1 aromatic carbocycles. The van der Waals surface area contributed by atoms with Crippen LogP contribution in [0.25, 0.3) is 0 Å². The molecule has 0 aliphatic heterocycles. The zero-order valence-electron chi connectivity index (χ0n) is 10.9. The molecule has 0 aliphatic carbocycles. The van der Waals surface area contributed by atoms with Crippen LogP contribution < -0.4 is 4.90 Å². The van der Waals surface area contributed by atoms with Crippen LogP contribution in [0.5, 0.6) is 0 Å². The number of hydrogen-bond acceptors (Lipinski definition) is 2. The standard InChI is InChI=1S/C14H18ClNO3/c1-16(12-9-7-11(15)8-10-12)13(17)5-3-2-4-6-14(18)19/h7-10H,2-6H2,1H3,(H,18,19). The highest BCUT2D eigenvalue weighted by Crippen LogP contribution is 2.18. The van der Waals surface area contributed by atoms with Crippen LogP contribution in [0.3, 0.4) is 0 Å². The SMILES string of the molecule is CN(C(=O)CCCCCC(=O)O)c1ccc(Cl)cc1. The fourth-order valence-electron chi connectivity index (χ4n) is 1.71. The second-order valence-corrected chi connectivity index (χ2v) is 4.82. The van der Waals surface area contributed by atoms with Gasteiger partial charge in [0.15, 0.2) is 0 Å². The van der Waals surface area contributed by atoms with Gasteiger partial charge in [0.1, 0.15) is 0 Å². The lowest BCUT2D eigenvalue weighted by atomic mass is 10.1. The number of carbonyl (C=O) groups excluding carboxylic acids is 1. The van der Waals surface area contributed by atoms with E-state index in [-0.39, 0.29) is 12.3 Å². The molecule has 1 aromatic rings. The van der Waals surface area contributed by atoms with Gasteiger partial charge >= 0.3 is 5.97 Å². The first-order valence-electron chi connectivity index (χ1n) is 6.24. The number of nitrogens with zero attached hydrogens (tertiary/aromatic N) is 1. The average Bonchev–Trinajstić information content (AvgIpc) is 2.37. The summed E-state index contributed by atoms with van der Waals surface area (Å²) in [7, 11) is 1.73. The number of carboxylic acids is 1. The predicted molar refractivity (Wildman–Crippen MR) is 75.6 cm³/mol. The minimum Gasteiger partial charge on any atom is -0.481 e. The number of unbranched alkanes of at least 4 members (excludes halogenated alkanes) is 2. The molecule has 0 aromatic heterocycles. The molecule has 19 heavy (non-hydrogen) atoms. The van der Waals surface area contributed by atoms with Crippen molar-refractivity contribution >= 4 is 29.2 Å². The fraction of sp³-hybridized carbons (Fsp3) is 0.429. The summed E-state index contributed by atoms with van der Waals surface area (Å²) in [6, 6.07) is 7.08. The van der Waals surface area contributed by atoms with Crippen molar-refractivity contribution in [1.82, 2.24) is 0 Å². The highest BCUT2D eigenvalue weighted by atomic mass is 35.5. The largest absolute Gasteiger partial charge is 0.481 e. The van der Waals surface area contributed by atoms with Gasteiger partial charge in [-0.05, 0) is 37.1 Å². The Hall–Kier alpha value is -1.55. The molecule has 0 radical (unpaired) electrons. The van der Waals surface area contributed by atoms with Crippen molar-refractivity contribution in [3.05, 3.63) is 29.3 Å². The van der Waals surface area contributed by atoms with E-state index in [2.05, 4.69) is 0 Å². The van der Waals surface area contributed by atoms with Gasteiger partial charge in [0, 0.05) is 30.6 Å². The van der Waals surface area contributed by atoms with E-state index in [4.69, 9.17) is 16.7 Å². The molecule has 0 saturated heterocycles. The van der Waals surface area contributed by atoms with Crippen molar-refractivity contribution in [2.75, 3.05) is 11.9 Å². The number of benzene rings is 1. The van der Waals surface area contributed by atoms with Gasteiger partial charge in [0.05, 0.1) is 0 Å². The summed E-state index contributed by atoms with van der Waals surface area (Å²) in [4.78, 5) is 23.8. The number of anilines is 1. The maximum absolute atomic E-state index is 11.9. The van der Waals surface area contributed by atoms with Gasteiger partial charge in [-0.3, -0.25) is 9.59 Å². The Morgan fingerprint density at radius 2 is 1.68 bits per heavy atom. The molecule has 0 aliphatic rings. The van der Waals surface area contributed by atoms with E-state index in [0.29, 0.717) is 24.3 Å². The van der Waals surface area contributed by atoms with E-state index in [9.17, 15) is 9.59 Å². The van der Waals surface area contributed by atoms with Gasteiger partial charge in [-0.1, -0.05) is 18.0 Å². The highest BCUT2D eigenvalue weighted by Gasteiger charge is 2.10. The monoisotopic (exact) mass is 283 g/mol. The first-order valence-corrected chi connectivity index (χ1v) is 6.62. The van der Waals surface area contributed by atoms with Crippen molar-refractivity contribution in [2.45, 2.75) is 32.1 Å². The molecular formula is C14H18ClNO3. The molecule has 1 N–H and O–H groups in total. The number of aliphatic carboxylic acids is 1. The third-order valence-electron chi connectivity index (χ3n) is 2.87. The van der Waals surface area contributed by atoms with Crippen LogP contribution in [-0.2, 0) is 9.59 Å². The van der Waals surface area contributed by atoms with Gasteiger partial charge in [-0.15, -0.1) is 0 Å². The number of rotatable bonds is 7. The van der Waals surface area contributed by atoms with Crippen molar-refractivity contribution in [3.63, 3.8) is 0 Å². The molecular weight excluding hydrogens is 266 g/mol. The number of halogens is 1. The third kappa shape index (κ3) is 5.75. The normalized spacial score (nSPS) is 10.2. The predicted octanol–water partition coefficient (Wildman–Crippen LogP) is 3.34. The zero-order chi connectivity index (χ0) is 14.3. The summed E-state index contributed by atoms with van der Waals surface area (Å²) in [5.41, 5.74) is 0.805. The van der Waals surface area contributed by atoms with Crippen LogP contribution in [0.2, 0.25) is 5.02 Å². The Morgan fingerprint density at radius 3 is 2.26 bits per heavy atom. The average molecular weight is 284 g/mol. The summed E-state index contributed by atoms with van der Waals surface area (Å²) in [5, 5.41) is 9.13. The third-order valence-corrected chi connectivity index (χ3v) is 3.12. The quantitative estimate of drug-likeness (QED) is 0.781. The lowest BCUT2D eigenvalue weighted by Crippen LogP contribution is -2.25. The fourth-order valence-corrected chi connectivity index (χ4v) is 1.83. The molecule has 0 atom stereocenters. The zero-order valence-corrected chi connectivity index (χ0v) is 11.7. The van der Waals surface area contributed by atoms with E-state index >= 15 is 0 Å². The molecule has 5 heteroatoms. The lowest BCUT2D eigenvalue weighted by Gasteiger charge is -2.17. The molecule has 0 heterocycles. The first-order chi connectivity index (χ1) is 9.00. The molecule has 4 nitrogen and oxygen atoms in total. The number of hydrogen-bond donors (Lipinski definition) is 1. The Morgan fingerprint density at radius 1 is 1.11 bits per heavy atom. The van der Waals surface area contributed by atoms with E-state index in [1.54, 1.807) is 36.2 Å². The van der Waals surface area contributed by atoms with Crippen molar-refractivity contribution in [3.8, 4) is 0 Å². The van der Waals surface area contributed by atoms with Gasteiger partial charge in [-0.25, -0.2) is 0 Å². The minimum absolute atomic E-state index is 0.0256. The Balaban J connectivity index is 2.32. The van der Waals surface area contributed by atoms with Crippen LogP contribution in [0, 0.1) is 0 Å². The van der Waals surface area contributed by atoms with Crippen LogP contribution in [0.1, 0.15) is 32.1 Å². The smallest absolute Gasteiger partial charge is 0.303 e. The number of amides is 1. The van der Waals surface area contributed by atoms with Crippen LogP contribution >= 0.6 is 11.6 Å². The van der Waals surface area contributed by atoms with E-state index in [0.717, 1.165) is 12.1 Å². The van der Waals surface area contributed by atoms with Crippen molar-refractivity contribution in [2.24, 2.45) is 0 Å². The minimum atomic E-state index is -0.787. The second-order valence-electron chi connectivity index (χ2n) is 4.38. The Bertz CT molecular complexity index is 431. The second kappa shape index (κ2) is 7.79. The topological polar surface area (TPSA) is 57.6 Å². The van der Waals surface area contributed by atoms with Gasteiger partial charge in [-0.2, -0.15) is 0 Å². The summed E-state index contributed by atoms with van der Waals surface area (Å²) in [6.45, 7) is 0. The molecule has 1 amide bonds. The number of carboxylic acid groups (broad SMARTS) is 1. The van der Waals surface area contributed by atoms with Crippen LogP contribution in [0.4, 0.5) is 5.69 Å². The highest BCUT2D eigenvalue weighted by molar-refractivity contribution is 6.30. The van der Waals surface area contributed by atoms with E-state index < -0.39 is 5.97 Å². The summed E-state index contributed by atoms with van der Waals surface area (Å²) in [6.07, 6.45) is 2.68. The van der Waals surface area contributed by atoms with Crippen LogP contribution in [0.15, 0.2) is 24.3 Å². The summed E-state index contributed by atoms with van der Waals surface area (Å²) < 4.78 is 0. The molecule has 1 rings (SSSR count). The first kappa shape index (κ1) is 15.5. The summed E-state index contributed by atoms with van der Waals surface area (Å²) in [5.74, 6) is -0.762. The van der Waals surface area contributed by atoms with Crippen molar-refractivity contribution in [1.29, 1.82) is 0 Å². The maximum Gasteiger partial charge on any atom is 0.303 e. The lowest BCUT2D eigenvalue weighted by molar-refractivity contribution is -0.137. The van der Waals surface area contributed by atoms with E-state index in [1.165, 1.54) is 0 Å². The molecule has 0 fully saturated rings.